The second kappa shape index (κ2) is 11.9. The van der Waals surface area contributed by atoms with E-state index >= 15 is 0 Å². The number of allylic oxidation sites excluding steroid dienone is 1. The number of likely N-dealkylation sites (N-methyl/N-ethyl adjacent to an activating group) is 1. The molecule has 1 aliphatic rings. The number of halogens is 1. The fourth-order valence-corrected chi connectivity index (χ4v) is 4.18. The number of ether oxygens (including phenoxy) is 1. The number of nitrogens with zero attached hydrogens (tertiary/aromatic N) is 4. The molecule has 0 spiro atoms. The molecule has 0 radical (unpaired) electrons. The second-order valence-electron chi connectivity index (χ2n) is 8.71. The van der Waals surface area contributed by atoms with Crippen molar-refractivity contribution in [2.24, 2.45) is 0 Å². The van der Waals surface area contributed by atoms with Gasteiger partial charge in [0.05, 0.1) is 19.0 Å². The number of nitrogens with one attached hydrogen (secondary N) is 2. The summed E-state index contributed by atoms with van der Waals surface area (Å²) < 4.78 is 5.65. The van der Waals surface area contributed by atoms with E-state index in [0.29, 0.717) is 35.5 Å². The van der Waals surface area contributed by atoms with Gasteiger partial charge in [0.2, 0.25) is 5.95 Å². The minimum atomic E-state index is -0.0123. The molecule has 1 aliphatic heterocycles. The Balaban J connectivity index is 1.44. The second-order valence-corrected chi connectivity index (χ2v) is 9.12. The molecule has 0 atom stereocenters. The first-order valence-electron chi connectivity index (χ1n) is 11.8. The minimum absolute atomic E-state index is 0.0123. The van der Waals surface area contributed by atoms with Crippen LogP contribution in [-0.2, 0) is 17.8 Å². The maximum Gasteiger partial charge on any atom is 0.229 e. The predicted molar refractivity (Wildman–Crippen MR) is 146 cm³/mol. The van der Waals surface area contributed by atoms with Crippen molar-refractivity contribution in [2.75, 3.05) is 55.9 Å². The average molecular weight is 507 g/mol. The topological polar surface area (TPSA) is 82.6 Å². The molecule has 2 heterocycles. The number of carbonyl (C=O) groups is 1. The van der Waals surface area contributed by atoms with Crippen molar-refractivity contribution < 1.29 is 9.53 Å². The van der Waals surface area contributed by atoms with Gasteiger partial charge >= 0.3 is 0 Å². The quantitative estimate of drug-likeness (QED) is 0.388. The van der Waals surface area contributed by atoms with Gasteiger partial charge in [0.1, 0.15) is 10.8 Å². The highest BCUT2D eigenvalue weighted by molar-refractivity contribution is 6.32. The van der Waals surface area contributed by atoms with Gasteiger partial charge in [0, 0.05) is 50.9 Å². The van der Waals surface area contributed by atoms with Crippen molar-refractivity contribution in [1.29, 1.82) is 0 Å². The highest BCUT2D eigenvalue weighted by Crippen LogP contribution is 2.32. The summed E-state index contributed by atoms with van der Waals surface area (Å²) in [6.45, 7) is 8.06. The fraction of sp³-hybridized carbons (Fsp3) is 0.296. The Labute approximate surface area is 217 Å². The van der Waals surface area contributed by atoms with E-state index in [1.54, 1.807) is 13.3 Å². The Kier molecular flexibility index (Phi) is 8.40. The van der Waals surface area contributed by atoms with Crippen LogP contribution in [0.5, 0.6) is 5.75 Å². The van der Waals surface area contributed by atoms with E-state index in [1.165, 1.54) is 6.08 Å². The van der Waals surface area contributed by atoms with Gasteiger partial charge in [-0.15, -0.1) is 0 Å². The van der Waals surface area contributed by atoms with Crippen molar-refractivity contribution in [3.05, 3.63) is 77.5 Å². The van der Waals surface area contributed by atoms with E-state index in [-0.39, 0.29) is 5.78 Å². The van der Waals surface area contributed by atoms with Crippen LogP contribution in [0, 0.1) is 0 Å². The van der Waals surface area contributed by atoms with Crippen LogP contribution in [0.25, 0.3) is 0 Å². The summed E-state index contributed by atoms with van der Waals surface area (Å²) in [7, 11) is 3.80. The van der Waals surface area contributed by atoms with Crippen molar-refractivity contribution in [3.63, 3.8) is 0 Å². The lowest BCUT2D eigenvalue weighted by molar-refractivity contribution is -0.114. The summed E-state index contributed by atoms with van der Waals surface area (Å²) in [6, 6.07) is 13.9. The summed E-state index contributed by atoms with van der Waals surface area (Å²) in [5.41, 5.74) is 3.84. The molecule has 2 N–H and O–H groups in total. The molecule has 0 saturated carbocycles. The monoisotopic (exact) mass is 506 g/mol. The smallest absolute Gasteiger partial charge is 0.229 e. The Morgan fingerprint density at radius 3 is 2.69 bits per heavy atom. The predicted octanol–water partition coefficient (Wildman–Crippen LogP) is 4.54. The normalized spacial score (nSPS) is 13.8. The van der Waals surface area contributed by atoms with Crippen molar-refractivity contribution in [2.45, 2.75) is 13.0 Å². The van der Waals surface area contributed by atoms with E-state index < -0.39 is 0 Å². The standard InChI is InChI=1S/C27H31ClN6O2/c1-4-22(35)15-19-6-5-7-20(14-19)17-29-26-23(28)18-30-27(32-26)31-24-9-8-21(16-25(24)36-3)34-12-10-33(2)11-13-34/h4-9,14,16,18H,1,10-13,15,17H2,2-3H3,(H2,29,30,31,32). The molecule has 9 heteroatoms. The maximum absolute atomic E-state index is 11.7. The van der Waals surface area contributed by atoms with Crippen molar-refractivity contribution in [1.82, 2.24) is 14.9 Å². The maximum atomic E-state index is 11.7. The number of benzene rings is 2. The number of ketones is 1. The summed E-state index contributed by atoms with van der Waals surface area (Å²) in [5, 5.41) is 6.92. The number of rotatable bonds is 10. The van der Waals surface area contributed by atoms with Crippen LogP contribution in [0.3, 0.4) is 0 Å². The van der Waals surface area contributed by atoms with Gasteiger partial charge in [-0.05, 0) is 36.4 Å². The van der Waals surface area contributed by atoms with Crippen LogP contribution in [0.1, 0.15) is 11.1 Å². The summed E-state index contributed by atoms with van der Waals surface area (Å²) in [4.78, 5) is 25.2. The van der Waals surface area contributed by atoms with Crippen molar-refractivity contribution in [3.8, 4) is 5.75 Å². The van der Waals surface area contributed by atoms with Gasteiger partial charge < -0.3 is 25.2 Å². The molecule has 4 rings (SSSR count). The molecular weight excluding hydrogens is 476 g/mol. The number of hydrogen-bond donors (Lipinski definition) is 2. The van der Waals surface area contributed by atoms with Gasteiger partial charge in [-0.3, -0.25) is 4.79 Å². The van der Waals surface area contributed by atoms with Crippen LogP contribution in [0.2, 0.25) is 5.02 Å². The minimum Gasteiger partial charge on any atom is -0.494 e. The molecule has 36 heavy (non-hydrogen) atoms. The number of methoxy groups -OCH3 is 1. The van der Waals surface area contributed by atoms with Crippen LogP contribution in [0.4, 0.5) is 23.1 Å². The lowest BCUT2D eigenvalue weighted by atomic mass is 10.1. The zero-order chi connectivity index (χ0) is 25.5. The zero-order valence-electron chi connectivity index (χ0n) is 20.6. The molecule has 188 valence electrons. The largest absolute Gasteiger partial charge is 0.494 e. The molecule has 1 aromatic heterocycles. The number of anilines is 4. The lowest BCUT2D eigenvalue weighted by Crippen LogP contribution is -2.44. The summed E-state index contributed by atoms with van der Waals surface area (Å²) in [5.74, 6) is 1.61. The lowest BCUT2D eigenvalue weighted by Gasteiger charge is -2.34. The molecule has 0 amide bonds. The molecule has 0 aliphatic carbocycles. The molecular formula is C27H31ClN6O2. The Hall–Kier alpha value is -3.62. The van der Waals surface area contributed by atoms with Crippen LogP contribution in [-0.4, -0.2) is 61.0 Å². The number of carbonyl (C=O) groups excluding carboxylic acids is 1. The van der Waals surface area contributed by atoms with E-state index in [0.717, 1.165) is 48.7 Å². The van der Waals surface area contributed by atoms with Gasteiger partial charge in [-0.1, -0.05) is 42.4 Å². The highest BCUT2D eigenvalue weighted by Gasteiger charge is 2.16. The zero-order valence-corrected chi connectivity index (χ0v) is 21.4. The molecule has 0 bridgehead atoms. The molecule has 2 aromatic carbocycles. The van der Waals surface area contributed by atoms with Crippen LogP contribution < -0.4 is 20.3 Å². The SMILES string of the molecule is C=CC(=O)Cc1cccc(CNc2nc(Nc3ccc(N4CCN(C)CC4)cc3OC)ncc2Cl)c1. The van der Waals surface area contributed by atoms with Crippen LogP contribution in [0.15, 0.2) is 61.3 Å². The van der Waals surface area contributed by atoms with Crippen molar-refractivity contribution >= 4 is 40.5 Å². The first-order valence-corrected chi connectivity index (χ1v) is 12.2. The molecule has 8 nitrogen and oxygen atoms in total. The van der Waals surface area contributed by atoms with E-state index in [4.69, 9.17) is 16.3 Å². The summed E-state index contributed by atoms with van der Waals surface area (Å²) >= 11 is 6.36. The fourth-order valence-electron chi connectivity index (χ4n) is 4.03. The third kappa shape index (κ3) is 6.53. The number of piperazine rings is 1. The first kappa shape index (κ1) is 25.5. The van der Waals surface area contributed by atoms with Gasteiger partial charge in [0.15, 0.2) is 11.6 Å². The van der Waals surface area contributed by atoms with Gasteiger partial charge in [-0.2, -0.15) is 4.98 Å². The third-order valence-electron chi connectivity index (χ3n) is 6.10. The van der Waals surface area contributed by atoms with E-state index in [1.807, 2.05) is 36.4 Å². The Morgan fingerprint density at radius 2 is 1.94 bits per heavy atom. The Bertz CT molecular complexity index is 1230. The van der Waals surface area contributed by atoms with Gasteiger partial charge in [-0.25, -0.2) is 4.98 Å². The Morgan fingerprint density at radius 1 is 1.17 bits per heavy atom. The average Bonchev–Trinajstić information content (AvgIpc) is 2.89. The molecule has 1 saturated heterocycles. The number of hydrogen-bond acceptors (Lipinski definition) is 8. The first-order chi connectivity index (χ1) is 17.4. The van der Waals surface area contributed by atoms with Crippen LogP contribution >= 0.6 is 11.6 Å². The van der Waals surface area contributed by atoms with E-state index in [2.05, 4.69) is 50.1 Å². The van der Waals surface area contributed by atoms with E-state index in [9.17, 15) is 4.79 Å². The number of aromatic nitrogens is 2. The van der Waals surface area contributed by atoms with Gasteiger partial charge in [0.25, 0.3) is 0 Å². The highest BCUT2D eigenvalue weighted by atomic mass is 35.5. The third-order valence-corrected chi connectivity index (χ3v) is 6.38. The summed E-state index contributed by atoms with van der Waals surface area (Å²) in [6.07, 6.45) is 3.23. The molecule has 1 fully saturated rings. The molecule has 0 unspecified atom stereocenters. The molecule has 3 aromatic rings.